The lowest BCUT2D eigenvalue weighted by atomic mass is 9.81. The molecule has 1 aromatic carbocycles. The summed E-state index contributed by atoms with van der Waals surface area (Å²) in [6, 6.07) is 8.94. The third-order valence-corrected chi connectivity index (χ3v) is 4.87. The van der Waals surface area contributed by atoms with E-state index in [0.717, 1.165) is 11.8 Å². The fourth-order valence-corrected chi connectivity index (χ4v) is 3.73. The van der Waals surface area contributed by atoms with Crippen molar-refractivity contribution in [3.8, 4) is 0 Å². The van der Waals surface area contributed by atoms with Crippen LogP contribution in [0.2, 0.25) is 0 Å². The second-order valence-electron chi connectivity index (χ2n) is 7.03. The summed E-state index contributed by atoms with van der Waals surface area (Å²) in [5.41, 5.74) is 3.03. The molecular formula is C19H31N. The molecule has 1 aliphatic rings. The highest BCUT2D eigenvalue weighted by Crippen LogP contribution is 2.33. The average molecular weight is 273 g/mol. The summed E-state index contributed by atoms with van der Waals surface area (Å²) in [6.45, 7) is 13.2. The first-order valence-corrected chi connectivity index (χ1v) is 8.35. The number of benzene rings is 1. The molecule has 0 amide bonds. The lowest BCUT2D eigenvalue weighted by Gasteiger charge is -2.25. The van der Waals surface area contributed by atoms with Gasteiger partial charge in [-0.25, -0.2) is 0 Å². The second kappa shape index (κ2) is 7.26. The molecule has 112 valence electrons. The maximum Gasteiger partial charge on any atom is 0.000438 e. The minimum absolute atomic E-state index is 0.704. The molecule has 0 spiro atoms. The maximum absolute atomic E-state index is 2.68. The summed E-state index contributed by atoms with van der Waals surface area (Å²) < 4.78 is 0. The predicted molar refractivity (Wildman–Crippen MR) is 88.2 cm³/mol. The monoisotopic (exact) mass is 273 g/mol. The van der Waals surface area contributed by atoms with Crippen LogP contribution >= 0.6 is 0 Å². The molecule has 1 unspecified atom stereocenters. The molecule has 1 nitrogen and oxygen atoms in total. The van der Waals surface area contributed by atoms with Gasteiger partial charge in [0.05, 0.1) is 0 Å². The minimum Gasteiger partial charge on any atom is -0.303 e. The fourth-order valence-electron chi connectivity index (χ4n) is 3.73. The molecule has 1 heterocycles. The van der Waals surface area contributed by atoms with E-state index in [1.54, 1.807) is 5.56 Å². The molecule has 1 fully saturated rings. The van der Waals surface area contributed by atoms with Gasteiger partial charge >= 0.3 is 0 Å². The van der Waals surface area contributed by atoms with Gasteiger partial charge in [0.15, 0.2) is 0 Å². The SMILES string of the molecule is Cc1ccccc1[C@H](C)C1CCCN(CC(C)C)CC1. The van der Waals surface area contributed by atoms with Crippen LogP contribution in [0.1, 0.15) is 57.1 Å². The summed E-state index contributed by atoms with van der Waals surface area (Å²) in [5, 5.41) is 0. The largest absolute Gasteiger partial charge is 0.303 e. The van der Waals surface area contributed by atoms with Crippen molar-refractivity contribution in [3.63, 3.8) is 0 Å². The standard InChI is InChI=1S/C19H31N/c1-15(2)14-20-12-7-9-18(11-13-20)17(4)19-10-6-5-8-16(19)3/h5-6,8,10,15,17-18H,7,9,11-14H2,1-4H3/t17-,18?/m1/s1. The number of likely N-dealkylation sites (tertiary alicyclic amines) is 1. The summed E-state index contributed by atoms with van der Waals surface area (Å²) in [7, 11) is 0. The number of rotatable bonds is 4. The van der Waals surface area contributed by atoms with E-state index in [1.807, 2.05) is 0 Å². The Morgan fingerprint density at radius 3 is 2.55 bits per heavy atom. The van der Waals surface area contributed by atoms with E-state index in [1.165, 1.54) is 44.5 Å². The topological polar surface area (TPSA) is 3.24 Å². The normalized spacial score (nSPS) is 22.8. The van der Waals surface area contributed by atoms with Crippen molar-refractivity contribution in [2.75, 3.05) is 19.6 Å². The average Bonchev–Trinajstić information content (AvgIpc) is 2.63. The summed E-state index contributed by atoms with van der Waals surface area (Å²) in [6.07, 6.45) is 4.12. The van der Waals surface area contributed by atoms with Gasteiger partial charge in [-0.3, -0.25) is 0 Å². The Kier molecular flexibility index (Phi) is 5.65. The molecule has 20 heavy (non-hydrogen) atoms. The first-order chi connectivity index (χ1) is 9.58. The Balaban J connectivity index is 1.98. The van der Waals surface area contributed by atoms with Crippen LogP contribution in [-0.4, -0.2) is 24.5 Å². The van der Waals surface area contributed by atoms with E-state index < -0.39 is 0 Å². The Bertz CT molecular complexity index is 410. The predicted octanol–water partition coefficient (Wildman–Crippen LogP) is 4.86. The van der Waals surface area contributed by atoms with Crippen molar-refractivity contribution in [2.24, 2.45) is 11.8 Å². The Hall–Kier alpha value is -0.820. The van der Waals surface area contributed by atoms with Crippen LogP contribution in [-0.2, 0) is 0 Å². The van der Waals surface area contributed by atoms with Crippen LogP contribution in [0.3, 0.4) is 0 Å². The van der Waals surface area contributed by atoms with Crippen LogP contribution < -0.4 is 0 Å². The highest BCUT2D eigenvalue weighted by Gasteiger charge is 2.23. The lowest BCUT2D eigenvalue weighted by molar-refractivity contribution is 0.248. The van der Waals surface area contributed by atoms with Crippen LogP contribution in [0.5, 0.6) is 0 Å². The lowest BCUT2D eigenvalue weighted by Crippen LogP contribution is -2.29. The van der Waals surface area contributed by atoms with Crippen molar-refractivity contribution in [3.05, 3.63) is 35.4 Å². The van der Waals surface area contributed by atoms with Gasteiger partial charge in [0.2, 0.25) is 0 Å². The zero-order valence-electron chi connectivity index (χ0n) is 13.7. The number of hydrogen-bond acceptors (Lipinski definition) is 1. The van der Waals surface area contributed by atoms with Crippen molar-refractivity contribution in [2.45, 2.75) is 52.9 Å². The van der Waals surface area contributed by atoms with Crippen LogP contribution in [0.25, 0.3) is 0 Å². The van der Waals surface area contributed by atoms with Gasteiger partial charge in [-0.15, -0.1) is 0 Å². The van der Waals surface area contributed by atoms with Gasteiger partial charge in [-0.05, 0) is 68.2 Å². The van der Waals surface area contributed by atoms with Gasteiger partial charge in [0.1, 0.15) is 0 Å². The van der Waals surface area contributed by atoms with Gasteiger partial charge in [0, 0.05) is 6.54 Å². The van der Waals surface area contributed by atoms with E-state index in [4.69, 9.17) is 0 Å². The fraction of sp³-hybridized carbons (Fsp3) is 0.684. The van der Waals surface area contributed by atoms with E-state index >= 15 is 0 Å². The van der Waals surface area contributed by atoms with Crippen LogP contribution in [0.15, 0.2) is 24.3 Å². The maximum atomic E-state index is 2.68. The Morgan fingerprint density at radius 1 is 1.10 bits per heavy atom. The minimum atomic E-state index is 0.704. The van der Waals surface area contributed by atoms with E-state index in [0.29, 0.717) is 5.92 Å². The van der Waals surface area contributed by atoms with E-state index in [-0.39, 0.29) is 0 Å². The Morgan fingerprint density at radius 2 is 1.85 bits per heavy atom. The molecule has 1 aliphatic heterocycles. The quantitative estimate of drug-likeness (QED) is 0.757. The van der Waals surface area contributed by atoms with Crippen LogP contribution in [0.4, 0.5) is 0 Å². The van der Waals surface area contributed by atoms with E-state index in [2.05, 4.69) is 56.9 Å². The zero-order valence-corrected chi connectivity index (χ0v) is 13.7. The molecule has 2 atom stereocenters. The number of aryl methyl sites for hydroxylation is 1. The molecule has 1 aromatic rings. The van der Waals surface area contributed by atoms with Crippen LogP contribution in [0, 0.1) is 18.8 Å². The number of nitrogens with zero attached hydrogens (tertiary/aromatic N) is 1. The van der Waals surface area contributed by atoms with Crippen molar-refractivity contribution >= 4 is 0 Å². The molecule has 0 radical (unpaired) electrons. The highest BCUT2D eigenvalue weighted by atomic mass is 15.1. The van der Waals surface area contributed by atoms with Crippen molar-refractivity contribution in [1.82, 2.24) is 4.90 Å². The molecule has 0 N–H and O–H groups in total. The molecular weight excluding hydrogens is 242 g/mol. The van der Waals surface area contributed by atoms with Gasteiger partial charge < -0.3 is 4.90 Å². The second-order valence-corrected chi connectivity index (χ2v) is 7.03. The molecule has 2 rings (SSSR count). The molecule has 1 heteroatoms. The van der Waals surface area contributed by atoms with Gasteiger partial charge in [-0.2, -0.15) is 0 Å². The van der Waals surface area contributed by atoms with Crippen molar-refractivity contribution < 1.29 is 0 Å². The first kappa shape index (κ1) is 15.6. The summed E-state index contributed by atoms with van der Waals surface area (Å²) in [4.78, 5) is 2.68. The third-order valence-electron chi connectivity index (χ3n) is 4.87. The van der Waals surface area contributed by atoms with E-state index in [9.17, 15) is 0 Å². The molecule has 0 aliphatic carbocycles. The van der Waals surface area contributed by atoms with Crippen molar-refractivity contribution in [1.29, 1.82) is 0 Å². The summed E-state index contributed by atoms with van der Waals surface area (Å²) in [5.74, 6) is 2.35. The molecule has 0 bridgehead atoms. The molecule has 0 aromatic heterocycles. The smallest absolute Gasteiger partial charge is 0.000438 e. The highest BCUT2D eigenvalue weighted by molar-refractivity contribution is 5.29. The molecule has 0 saturated carbocycles. The Labute approximate surface area is 125 Å². The third kappa shape index (κ3) is 4.09. The van der Waals surface area contributed by atoms with Gasteiger partial charge in [0.25, 0.3) is 0 Å². The van der Waals surface area contributed by atoms with Gasteiger partial charge in [-0.1, -0.05) is 45.0 Å². The number of hydrogen-bond donors (Lipinski definition) is 0. The first-order valence-electron chi connectivity index (χ1n) is 8.35. The zero-order chi connectivity index (χ0) is 14.5. The summed E-state index contributed by atoms with van der Waals surface area (Å²) >= 11 is 0. The molecule has 1 saturated heterocycles.